The molecule has 4 unspecified atom stereocenters. The first-order valence-corrected chi connectivity index (χ1v) is 14.6. The molecule has 0 spiro atoms. The van der Waals surface area contributed by atoms with Crippen LogP contribution < -0.4 is 10.9 Å². The number of β-amino-alcohol motifs (C(OH)–C–C–N with tert-alkyl or cyclic N) is 1. The summed E-state index contributed by atoms with van der Waals surface area (Å²) in [5.74, 6) is 0.718. The second kappa shape index (κ2) is 10.8. The molecular formula is C27H36B2N6O3S. The quantitative estimate of drug-likeness (QED) is 0.413. The third-order valence-corrected chi connectivity index (χ3v) is 8.90. The fourth-order valence-electron chi connectivity index (χ4n) is 5.72. The molecule has 0 radical (unpaired) electrons. The number of hydrogen-bond acceptors (Lipinski definition) is 9. The third kappa shape index (κ3) is 5.00. The van der Waals surface area contributed by atoms with E-state index in [1.54, 1.807) is 16.2 Å². The number of amides is 1. The van der Waals surface area contributed by atoms with Gasteiger partial charge >= 0.3 is 0 Å². The zero-order valence-electron chi connectivity index (χ0n) is 23.5. The highest BCUT2D eigenvalue weighted by Gasteiger charge is 2.47. The van der Waals surface area contributed by atoms with E-state index in [0.29, 0.717) is 24.6 Å². The summed E-state index contributed by atoms with van der Waals surface area (Å²) in [6, 6.07) is 10.0. The number of nitrogens with zero attached hydrogens (tertiary/aromatic N) is 5. The van der Waals surface area contributed by atoms with E-state index in [0.717, 1.165) is 29.6 Å². The molecule has 0 bridgehead atoms. The zero-order chi connectivity index (χ0) is 27.9. The van der Waals surface area contributed by atoms with Crippen LogP contribution in [0.3, 0.4) is 0 Å². The van der Waals surface area contributed by atoms with Crippen molar-refractivity contribution < 1.29 is 14.4 Å². The summed E-state index contributed by atoms with van der Waals surface area (Å²) in [5.41, 5.74) is 5.34. The van der Waals surface area contributed by atoms with E-state index in [9.17, 15) is 9.90 Å². The number of thiazole rings is 1. The molecule has 2 N–H and O–H groups in total. The number of carbonyl (C=O) groups excluding carboxylic acids is 1. The van der Waals surface area contributed by atoms with Crippen molar-refractivity contribution >= 4 is 43.6 Å². The number of rotatable bonds is 8. The van der Waals surface area contributed by atoms with E-state index < -0.39 is 17.7 Å². The maximum Gasteiger partial charge on any atom is 0.234 e. The Hall–Kier alpha value is -3.11. The van der Waals surface area contributed by atoms with Crippen LogP contribution in [-0.2, 0) is 10.5 Å². The molecule has 2 aromatic heterocycles. The normalized spacial score (nSPS) is 23.7. The van der Waals surface area contributed by atoms with Crippen molar-refractivity contribution in [2.45, 2.75) is 64.8 Å². The van der Waals surface area contributed by atoms with E-state index in [4.69, 9.17) is 9.62 Å². The smallest absolute Gasteiger partial charge is 0.234 e. The Bertz CT molecular complexity index is 1360. The molecular weight excluding hydrogens is 510 g/mol. The van der Waals surface area contributed by atoms with Crippen molar-refractivity contribution in [2.75, 3.05) is 13.1 Å². The summed E-state index contributed by atoms with van der Waals surface area (Å²) in [5, 5.41) is 25.4. The first kappa shape index (κ1) is 27.5. The van der Waals surface area contributed by atoms with Gasteiger partial charge in [0, 0.05) is 25.1 Å². The van der Waals surface area contributed by atoms with E-state index in [1.807, 2.05) is 45.1 Å². The lowest BCUT2D eigenvalue weighted by Gasteiger charge is -2.35. The minimum Gasteiger partial charge on any atom is -0.391 e. The van der Waals surface area contributed by atoms with Crippen molar-refractivity contribution in [3.05, 3.63) is 52.9 Å². The lowest BCUT2D eigenvalue weighted by Crippen LogP contribution is -2.52. The number of aryl methyl sites for hydroxylation is 1. The molecule has 12 heteroatoms. The van der Waals surface area contributed by atoms with Gasteiger partial charge in [0.25, 0.3) is 0 Å². The van der Waals surface area contributed by atoms with Crippen LogP contribution in [0, 0.1) is 12.8 Å². The van der Waals surface area contributed by atoms with Crippen LogP contribution in [0.4, 0.5) is 0 Å². The molecule has 2 aliphatic heterocycles. The predicted molar refractivity (Wildman–Crippen MR) is 158 cm³/mol. The molecule has 39 heavy (non-hydrogen) atoms. The molecule has 9 nitrogen and oxygen atoms in total. The topological polar surface area (TPSA) is 107 Å². The fourth-order valence-corrected chi connectivity index (χ4v) is 6.54. The lowest BCUT2D eigenvalue weighted by molar-refractivity contribution is -0.134. The highest BCUT2D eigenvalue weighted by molar-refractivity contribution is 7.13. The van der Waals surface area contributed by atoms with Gasteiger partial charge in [-0.05, 0) is 43.9 Å². The third-order valence-electron chi connectivity index (χ3n) is 7.93. The lowest BCUT2D eigenvalue weighted by atomic mass is 9.53. The maximum atomic E-state index is 14.0. The molecule has 204 valence electrons. The number of hydrazone groups is 1. The van der Waals surface area contributed by atoms with Crippen molar-refractivity contribution in [1.82, 2.24) is 25.4 Å². The second-order valence-corrected chi connectivity index (χ2v) is 11.8. The second-order valence-electron chi connectivity index (χ2n) is 10.9. The van der Waals surface area contributed by atoms with E-state index in [1.165, 1.54) is 4.88 Å². The number of hydrogen-bond donors (Lipinski definition) is 2. The highest BCUT2D eigenvalue weighted by atomic mass is 32.1. The monoisotopic (exact) mass is 546 g/mol. The van der Waals surface area contributed by atoms with Gasteiger partial charge in [-0.1, -0.05) is 43.3 Å². The van der Waals surface area contributed by atoms with Crippen LogP contribution in [0.25, 0.3) is 10.4 Å². The van der Waals surface area contributed by atoms with Crippen LogP contribution in [0.2, 0.25) is 0 Å². The Morgan fingerprint density at radius 1 is 1.36 bits per heavy atom. The number of benzene rings is 1. The Morgan fingerprint density at radius 3 is 2.69 bits per heavy atom. The molecule has 1 saturated heterocycles. The summed E-state index contributed by atoms with van der Waals surface area (Å²) >= 11 is 1.64. The van der Waals surface area contributed by atoms with Gasteiger partial charge in [0.15, 0.2) is 5.66 Å². The van der Waals surface area contributed by atoms with Gasteiger partial charge in [0.05, 0.1) is 36.0 Å². The minimum absolute atomic E-state index is 0.00475. The van der Waals surface area contributed by atoms with E-state index in [2.05, 4.69) is 53.6 Å². The molecule has 0 saturated carbocycles. The number of aliphatic hydroxyl groups is 1. The summed E-state index contributed by atoms with van der Waals surface area (Å²) in [6.07, 6.45) is -0.197. The van der Waals surface area contributed by atoms with Crippen molar-refractivity contribution in [2.24, 2.45) is 11.0 Å². The van der Waals surface area contributed by atoms with Gasteiger partial charge in [-0.2, -0.15) is 5.10 Å². The molecule has 4 heterocycles. The average molecular weight is 546 g/mol. The number of amidine groups is 1. The molecule has 4 atom stereocenters. The first-order chi connectivity index (χ1) is 18.7. The molecule has 3 aromatic rings. The molecule has 2 aliphatic rings. The number of carbonyl (C=O) groups is 1. The standard InChI is InChI=1S/C27H36B2N6O3S/c1-6-35-27(5,18-9-7-17(8-10-18)24-16(4)30-14-39-24)31-25(32-35)20-11-19(36)13-34(20)26(37)23(15(2)3)21-12-22(29-28)33-38-21/h7-10,12,14-15,19-20,23,29,36H,6,11,13,28H2,1-5H3,(H,31,32). The molecule has 0 aliphatic carbocycles. The summed E-state index contributed by atoms with van der Waals surface area (Å²) in [6.45, 7) is 11.2. The van der Waals surface area contributed by atoms with Crippen LogP contribution in [0.1, 0.15) is 57.1 Å². The first-order valence-electron chi connectivity index (χ1n) is 13.8. The fraction of sp³-hybridized carbons (Fsp3) is 0.481. The van der Waals surface area contributed by atoms with Crippen LogP contribution in [0.5, 0.6) is 0 Å². The average Bonchev–Trinajstić information content (AvgIpc) is 3.70. The number of aliphatic hydroxyl groups excluding tert-OH is 1. The number of nitrogens with one attached hydrogen (secondary N) is 1. The van der Waals surface area contributed by atoms with Crippen molar-refractivity contribution in [1.29, 1.82) is 0 Å². The van der Waals surface area contributed by atoms with Gasteiger partial charge in [-0.3, -0.25) is 9.80 Å². The van der Waals surface area contributed by atoms with Gasteiger partial charge < -0.3 is 19.8 Å². The SMILES string of the molecule is BBc1cc(C(C(=O)N2CC(O)CC2C2=NN(CC)C(C)(c3ccc(-c4scnc4C)cc3)N2)C(C)C)on1. The van der Waals surface area contributed by atoms with Crippen molar-refractivity contribution in [3.63, 3.8) is 0 Å². The Kier molecular flexibility index (Phi) is 7.61. The minimum atomic E-state index is -0.624. The Labute approximate surface area is 235 Å². The van der Waals surface area contributed by atoms with Gasteiger partial charge in [-0.25, -0.2) is 4.98 Å². The summed E-state index contributed by atoms with van der Waals surface area (Å²) in [7, 11) is 2.75. The molecule has 1 aromatic carbocycles. The van der Waals surface area contributed by atoms with Crippen LogP contribution >= 0.6 is 11.3 Å². The van der Waals surface area contributed by atoms with Crippen LogP contribution in [0.15, 0.2) is 45.5 Å². The number of aromatic nitrogens is 2. The largest absolute Gasteiger partial charge is 0.391 e. The van der Waals surface area contributed by atoms with E-state index >= 15 is 0 Å². The Morgan fingerprint density at radius 2 is 2.10 bits per heavy atom. The van der Waals surface area contributed by atoms with Crippen LogP contribution in [-0.4, -0.2) is 77.0 Å². The highest BCUT2D eigenvalue weighted by Crippen LogP contribution is 2.36. The molecule has 1 amide bonds. The summed E-state index contributed by atoms with van der Waals surface area (Å²) < 4.78 is 5.60. The number of likely N-dealkylation sites (tertiary alicyclic amines) is 1. The molecule has 5 rings (SSSR count). The molecule has 1 fully saturated rings. The Balaban J connectivity index is 1.41. The summed E-state index contributed by atoms with van der Waals surface area (Å²) in [4.78, 5) is 21.3. The maximum absolute atomic E-state index is 14.0. The predicted octanol–water partition coefficient (Wildman–Crippen LogP) is 1.53. The van der Waals surface area contributed by atoms with Crippen molar-refractivity contribution in [3.8, 4) is 10.4 Å². The zero-order valence-corrected chi connectivity index (χ0v) is 24.3. The van der Waals surface area contributed by atoms with Gasteiger partial charge in [0.2, 0.25) is 5.91 Å². The van der Waals surface area contributed by atoms with Gasteiger partial charge in [-0.15, -0.1) is 11.3 Å². The van der Waals surface area contributed by atoms with E-state index in [-0.39, 0.29) is 24.4 Å². The van der Waals surface area contributed by atoms with Gasteiger partial charge in [0.1, 0.15) is 24.7 Å².